The van der Waals surface area contributed by atoms with Crippen LogP contribution in [0.2, 0.25) is 0 Å². The first-order valence-corrected chi connectivity index (χ1v) is 9.16. The van der Waals surface area contributed by atoms with Gasteiger partial charge < -0.3 is 15.4 Å². The van der Waals surface area contributed by atoms with Gasteiger partial charge in [-0.05, 0) is 6.42 Å². The molecule has 0 bridgehead atoms. The van der Waals surface area contributed by atoms with E-state index in [-0.39, 0.29) is 36.2 Å². The molecule has 0 aliphatic rings. The predicted molar refractivity (Wildman–Crippen MR) is 83.8 cm³/mol. The summed E-state index contributed by atoms with van der Waals surface area (Å²) in [7, 11) is -4.48. The molecule has 0 heterocycles. The molecule has 0 atom stereocenters. The minimum atomic E-state index is -4.48. The summed E-state index contributed by atoms with van der Waals surface area (Å²) in [5.41, 5.74) is 4.40. The fourth-order valence-corrected chi connectivity index (χ4v) is 2.07. The molecule has 0 spiro atoms. The number of aliphatic hydroxyl groups is 1. The SMILES string of the molecule is CCCCCCCCCCCCOS(=O)(=O)[O-].NC(=O)CO.[Na+]. The third kappa shape index (κ3) is 34.6. The summed E-state index contributed by atoms with van der Waals surface area (Å²) < 4.78 is 34.5. The number of hydrogen-bond donors (Lipinski definition) is 2. The van der Waals surface area contributed by atoms with Crippen molar-refractivity contribution in [3.05, 3.63) is 0 Å². The Bertz CT molecular complexity index is 351. The second kappa shape index (κ2) is 20.3. The van der Waals surface area contributed by atoms with Gasteiger partial charge in [-0.2, -0.15) is 0 Å². The average molecular weight is 363 g/mol. The number of unbranched alkanes of at least 4 members (excludes halogenated alkanes) is 9. The molecule has 7 nitrogen and oxygen atoms in total. The van der Waals surface area contributed by atoms with Crippen LogP contribution in [0.25, 0.3) is 0 Å². The molecule has 1 amide bonds. The Morgan fingerprint density at radius 2 is 1.35 bits per heavy atom. The summed E-state index contributed by atoms with van der Waals surface area (Å²) in [6.07, 6.45) is 11.7. The van der Waals surface area contributed by atoms with Gasteiger partial charge in [0.15, 0.2) is 0 Å². The molecule has 0 aromatic heterocycles. The van der Waals surface area contributed by atoms with E-state index in [9.17, 15) is 17.8 Å². The van der Waals surface area contributed by atoms with Gasteiger partial charge in [-0.25, -0.2) is 8.42 Å². The van der Waals surface area contributed by atoms with E-state index >= 15 is 0 Å². The van der Waals surface area contributed by atoms with E-state index in [1.54, 1.807) is 0 Å². The Hall–Kier alpha value is 0.300. The van der Waals surface area contributed by atoms with Crippen molar-refractivity contribution in [2.75, 3.05) is 13.2 Å². The second-order valence-electron chi connectivity index (χ2n) is 5.04. The molecule has 0 aliphatic carbocycles. The maximum absolute atomic E-state index is 10.1. The molecular weight excluding hydrogens is 333 g/mol. The maximum Gasteiger partial charge on any atom is 1.00 e. The normalized spacial score (nSPS) is 10.4. The van der Waals surface area contributed by atoms with Crippen LogP contribution in [0.1, 0.15) is 71.1 Å². The fourth-order valence-electron chi connectivity index (χ4n) is 1.75. The van der Waals surface area contributed by atoms with E-state index in [1.807, 2.05) is 0 Å². The van der Waals surface area contributed by atoms with Gasteiger partial charge in [0.05, 0.1) is 6.61 Å². The first-order chi connectivity index (χ1) is 10.3. The third-order valence-corrected chi connectivity index (χ3v) is 3.34. The molecule has 0 fully saturated rings. The standard InChI is InChI=1S/C12H26O4S.C2H5NO2.Na/c1-2-3-4-5-6-7-8-9-10-11-12-16-17(13,14)15;3-2(5)1-4;/h2-12H2,1H3,(H,13,14,15);4H,1H2,(H2,3,5);/q;;+1/p-1. The van der Waals surface area contributed by atoms with Crippen molar-refractivity contribution >= 4 is 16.3 Å². The summed E-state index contributed by atoms with van der Waals surface area (Å²) in [5.74, 6) is -0.690. The van der Waals surface area contributed by atoms with Gasteiger partial charge in [0.25, 0.3) is 0 Å². The Kier molecular flexibility index (Phi) is 24.9. The first-order valence-electron chi connectivity index (χ1n) is 7.83. The zero-order chi connectivity index (χ0) is 17.3. The number of carbonyl (C=O) groups excluding carboxylic acids is 1. The van der Waals surface area contributed by atoms with Crippen molar-refractivity contribution in [2.45, 2.75) is 71.1 Å². The van der Waals surface area contributed by atoms with E-state index in [2.05, 4.69) is 16.8 Å². The number of amides is 1. The van der Waals surface area contributed by atoms with Crippen LogP contribution in [0.4, 0.5) is 0 Å². The summed E-state index contributed by atoms with van der Waals surface area (Å²) in [6, 6.07) is 0. The Morgan fingerprint density at radius 3 is 1.65 bits per heavy atom. The van der Waals surface area contributed by atoms with Gasteiger partial charge in [-0.3, -0.25) is 8.98 Å². The third-order valence-electron chi connectivity index (χ3n) is 2.88. The predicted octanol–water partition coefficient (Wildman–Crippen LogP) is -1.15. The molecule has 23 heavy (non-hydrogen) atoms. The molecule has 0 aromatic carbocycles. The zero-order valence-electron chi connectivity index (χ0n) is 14.5. The van der Waals surface area contributed by atoms with Crippen LogP contribution in [-0.2, 0) is 19.4 Å². The summed E-state index contributed by atoms with van der Waals surface area (Å²) >= 11 is 0. The molecule has 0 aromatic rings. The van der Waals surface area contributed by atoms with Crippen molar-refractivity contribution in [3.63, 3.8) is 0 Å². The number of rotatable bonds is 13. The van der Waals surface area contributed by atoms with Crippen LogP contribution in [0.5, 0.6) is 0 Å². The van der Waals surface area contributed by atoms with E-state index in [1.165, 1.54) is 44.9 Å². The van der Waals surface area contributed by atoms with Crippen LogP contribution in [-0.4, -0.2) is 37.2 Å². The molecule has 0 saturated carbocycles. The smallest absolute Gasteiger partial charge is 0.726 e. The van der Waals surface area contributed by atoms with Gasteiger partial charge >= 0.3 is 29.6 Å². The quantitative estimate of drug-likeness (QED) is 0.184. The van der Waals surface area contributed by atoms with Gasteiger partial charge in [0.2, 0.25) is 16.3 Å². The molecular formula is C14H30NNaO6S. The topological polar surface area (TPSA) is 130 Å². The van der Waals surface area contributed by atoms with Crippen molar-refractivity contribution in [1.82, 2.24) is 0 Å². The zero-order valence-corrected chi connectivity index (χ0v) is 17.3. The van der Waals surface area contributed by atoms with Crippen LogP contribution in [0.15, 0.2) is 0 Å². The van der Waals surface area contributed by atoms with E-state index in [4.69, 9.17) is 5.11 Å². The van der Waals surface area contributed by atoms with Gasteiger partial charge in [0.1, 0.15) is 6.61 Å². The molecule has 9 heteroatoms. The number of hydrogen-bond acceptors (Lipinski definition) is 6. The van der Waals surface area contributed by atoms with Gasteiger partial charge in [-0.15, -0.1) is 0 Å². The minimum absolute atomic E-state index is 0. The van der Waals surface area contributed by atoms with E-state index < -0.39 is 22.9 Å². The van der Waals surface area contributed by atoms with Crippen LogP contribution in [0.3, 0.4) is 0 Å². The number of aliphatic hydroxyl groups excluding tert-OH is 1. The monoisotopic (exact) mass is 363 g/mol. The van der Waals surface area contributed by atoms with Gasteiger partial charge in [-0.1, -0.05) is 64.7 Å². The van der Waals surface area contributed by atoms with Crippen molar-refractivity contribution in [1.29, 1.82) is 0 Å². The largest absolute Gasteiger partial charge is 1.00 e. The van der Waals surface area contributed by atoms with Crippen molar-refractivity contribution < 1.29 is 56.6 Å². The first kappa shape index (κ1) is 28.1. The van der Waals surface area contributed by atoms with E-state index in [0.29, 0.717) is 6.42 Å². The summed E-state index contributed by atoms with van der Waals surface area (Å²) in [5, 5.41) is 7.67. The van der Waals surface area contributed by atoms with Crippen molar-refractivity contribution in [2.24, 2.45) is 5.73 Å². The maximum atomic E-state index is 10.1. The Labute approximate surface area is 162 Å². The second-order valence-corrected chi connectivity index (χ2v) is 6.09. The number of carbonyl (C=O) groups is 1. The molecule has 0 unspecified atom stereocenters. The van der Waals surface area contributed by atoms with Gasteiger partial charge in [0, 0.05) is 0 Å². The molecule has 3 N–H and O–H groups in total. The number of nitrogens with two attached hydrogens (primary N) is 1. The van der Waals surface area contributed by atoms with Crippen LogP contribution < -0.4 is 35.3 Å². The summed E-state index contributed by atoms with van der Waals surface area (Å²) in [4.78, 5) is 9.34. The van der Waals surface area contributed by atoms with Crippen LogP contribution in [0, 0.1) is 0 Å². The average Bonchev–Trinajstić information content (AvgIpc) is 2.44. The van der Waals surface area contributed by atoms with Crippen molar-refractivity contribution in [3.8, 4) is 0 Å². The summed E-state index contributed by atoms with van der Waals surface area (Å²) in [6.45, 7) is 1.69. The Morgan fingerprint density at radius 1 is 1.00 bits per heavy atom. The number of primary amides is 1. The fraction of sp³-hybridized carbons (Fsp3) is 0.929. The Balaban J connectivity index is -0.000000578. The molecule has 0 rings (SSSR count). The van der Waals surface area contributed by atoms with Crippen LogP contribution >= 0.6 is 0 Å². The van der Waals surface area contributed by atoms with E-state index in [0.717, 1.165) is 12.8 Å². The molecule has 134 valence electrons. The molecule has 0 saturated heterocycles. The molecule has 0 radical (unpaired) electrons. The minimum Gasteiger partial charge on any atom is -0.726 e. The molecule has 0 aliphatic heterocycles.